The number of amides is 1. The van der Waals surface area contributed by atoms with Crippen LogP contribution in [0.1, 0.15) is 50.4 Å². The van der Waals surface area contributed by atoms with Crippen LogP contribution in [0.5, 0.6) is 5.75 Å². The van der Waals surface area contributed by atoms with Gasteiger partial charge in [-0.25, -0.2) is 0 Å². The summed E-state index contributed by atoms with van der Waals surface area (Å²) in [5.74, 6) is 1.26. The maximum atomic E-state index is 12.8. The van der Waals surface area contributed by atoms with Crippen LogP contribution in [0.4, 0.5) is 5.69 Å². The van der Waals surface area contributed by atoms with Gasteiger partial charge in [0.1, 0.15) is 5.75 Å². The number of rotatable bonds is 6. The van der Waals surface area contributed by atoms with Crippen molar-refractivity contribution in [2.75, 3.05) is 11.9 Å². The first-order valence-electron chi connectivity index (χ1n) is 9.99. The molecule has 0 spiro atoms. The van der Waals surface area contributed by atoms with Gasteiger partial charge in [0.05, 0.1) is 12.1 Å². The number of hydrogen-bond donors (Lipinski definition) is 1. The Balaban J connectivity index is 1.61. The Kier molecular flexibility index (Phi) is 4.91. The van der Waals surface area contributed by atoms with Crippen molar-refractivity contribution in [3.8, 4) is 5.75 Å². The van der Waals surface area contributed by atoms with Gasteiger partial charge < -0.3 is 14.6 Å². The largest absolute Gasteiger partial charge is 0.493 e. The van der Waals surface area contributed by atoms with Crippen LogP contribution in [0, 0.1) is 26.7 Å². The highest BCUT2D eigenvalue weighted by Gasteiger charge is 2.22. The molecular weight excluding hydrogens is 364 g/mol. The molecule has 0 unspecified atom stereocenters. The zero-order valence-corrected chi connectivity index (χ0v) is 17.3. The van der Waals surface area contributed by atoms with Gasteiger partial charge in [0.2, 0.25) is 0 Å². The number of nitrogens with one attached hydrogen (secondary N) is 1. The number of carbonyl (C=O) groups is 2. The summed E-state index contributed by atoms with van der Waals surface area (Å²) in [4.78, 5) is 24.5. The summed E-state index contributed by atoms with van der Waals surface area (Å²) in [5, 5.41) is 3.93. The van der Waals surface area contributed by atoms with Crippen molar-refractivity contribution in [2.45, 2.75) is 33.6 Å². The highest BCUT2D eigenvalue weighted by molar-refractivity contribution is 6.09. The van der Waals surface area contributed by atoms with E-state index < -0.39 is 0 Å². The van der Waals surface area contributed by atoms with Crippen LogP contribution in [0.15, 0.2) is 30.3 Å². The van der Waals surface area contributed by atoms with Crippen molar-refractivity contribution < 1.29 is 14.3 Å². The van der Waals surface area contributed by atoms with Crippen LogP contribution < -0.4 is 10.1 Å². The third kappa shape index (κ3) is 3.53. The first-order valence-corrected chi connectivity index (χ1v) is 9.99. The quantitative estimate of drug-likeness (QED) is 0.605. The molecule has 5 nitrogen and oxygen atoms in total. The van der Waals surface area contributed by atoms with E-state index in [1.807, 2.05) is 40.0 Å². The third-order valence-corrected chi connectivity index (χ3v) is 6.02. The molecule has 5 heteroatoms. The van der Waals surface area contributed by atoms with Gasteiger partial charge in [0.15, 0.2) is 6.29 Å². The summed E-state index contributed by atoms with van der Waals surface area (Å²) in [6.45, 7) is 6.78. The minimum Gasteiger partial charge on any atom is -0.493 e. The number of aryl methyl sites for hydroxylation is 3. The van der Waals surface area contributed by atoms with Gasteiger partial charge in [-0.3, -0.25) is 9.59 Å². The highest BCUT2D eigenvalue weighted by Crippen LogP contribution is 2.34. The van der Waals surface area contributed by atoms with Gasteiger partial charge in [0, 0.05) is 34.9 Å². The first-order chi connectivity index (χ1) is 13.9. The number of benzene rings is 2. The molecule has 2 aromatic carbocycles. The molecule has 150 valence electrons. The molecule has 0 bridgehead atoms. The Hall–Kier alpha value is -3.08. The van der Waals surface area contributed by atoms with E-state index in [4.69, 9.17) is 4.74 Å². The zero-order chi connectivity index (χ0) is 20.7. The van der Waals surface area contributed by atoms with Gasteiger partial charge >= 0.3 is 0 Å². The molecule has 1 aliphatic carbocycles. The Labute approximate surface area is 170 Å². The molecule has 1 saturated carbocycles. The van der Waals surface area contributed by atoms with Crippen LogP contribution in [-0.2, 0) is 7.05 Å². The molecule has 4 rings (SSSR count). The molecule has 0 radical (unpaired) electrons. The third-order valence-electron chi connectivity index (χ3n) is 6.02. The predicted molar refractivity (Wildman–Crippen MR) is 115 cm³/mol. The summed E-state index contributed by atoms with van der Waals surface area (Å²) in [6.07, 6.45) is 3.34. The molecule has 0 atom stereocenters. The number of nitrogens with zero attached hydrogens (tertiary/aromatic N) is 1. The zero-order valence-electron chi connectivity index (χ0n) is 17.3. The number of fused-ring (bicyclic) bond motifs is 1. The van der Waals surface area contributed by atoms with E-state index in [9.17, 15) is 9.59 Å². The van der Waals surface area contributed by atoms with Crippen molar-refractivity contribution in [3.05, 3.63) is 58.3 Å². The van der Waals surface area contributed by atoms with E-state index in [0.29, 0.717) is 22.7 Å². The lowest BCUT2D eigenvalue weighted by atomic mass is 10.0. The van der Waals surface area contributed by atoms with Gasteiger partial charge in [-0.15, -0.1) is 0 Å². The lowest BCUT2D eigenvalue weighted by Crippen LogP contribution is -2.13. The molecule has 1 aliphatic rings. The maximum absolute atomic E-state index is 12.8. The van der Waals surface area contributed by atoms with Gasteiger partial charge in [0.25, 0.3) is 5.91 Å². The maximum Gasteiger partial charge on any atom is 0.255 e. The molecule has 0 saturated heterocycles. The normalized spacial score (nSPS) is 13.5. The van der Waals surface area contributed by atoms with Crippen molar-refractivity contribution >= 4 is 28.8 Å². The van der Waals surface area contributed by atoms with Gasteiger partial charge in [-0.05, 0) is 81.0 Å². The van der Waals surface area contributed by atoms with E-state index >= 15 is 0 Å². The van der Waals surface area contributed by atoms with Crippen LogP contribution in [0.25, 0.3) is 10.9 Å². The molecule has 29 heavy (non-hydrogen) atoms. The second-order valence-electron chi connectivity index (χ2n) is 7.98. The van der Waals surface area contributed by atoms with E-state index in [2.05, 4.69) is 9.88 Å². The average molecular weight is 390 g/mol. The van der Waals surface area contributed by atoms with Crippen molar-refractivity contribution in [1.29, 1.82) is 0 Å². The average Bonchev–Trinajstić information content (AvgIpc) is 3.53. The standard InChI is InChI=1S/C24H26N2O3/c1-14-16(3)26(4)23-15(2)21(11-19(12-27)22(14)23)25-24(28)18-7-9-20(10-8-18)29-13-17-5-6-17/h7-12,17H,5-6,13H2,1-4H3,(H,25,28). The topological polar surface area (TPSA) is 60.3 Å². The molecule has 1 N–H and O–H groups in total. The van der Waals surface area contributed by atoms with Gasteiger partial charge in [-0.2, -0.15) is 0 Å². The lowest BCUT2D eigenvalue weighted by Gasteiger charge is -2.13. The van der Waals surface area contributed by atoms with Crippen molar-refractivity contribution in [1.82, 2.24) is 4.57 Å². The lowest BCUT2D eigenvalue weighted by molar-refractivity contribution is 0.102. The van der Waals surface area contributed by atoms with E-state index in [1.165, 1.54) is 12.8 Å². The van der Waals surface area contributed by atoms with Crippen LogP contribution >= 0.6 is 0 Å². The number of anilines is 1. The van der Waals surface area contributed by atoms with E-state index in [0.717, 1.165) is 46.4 Å². The number of ether oxygens (including phenoxy) is 1. The molecule has 0 aliphatic heterocycles. The fraction of sp³-hybridized carbons (Fsp3) is 0.333. The number of aromatic nitrogens is 1. The van der Waals surface area contributed by atoms with Crippen LogP contribution in [0.3, 0.4) is 0 Å². The summed E-state index contributed by atoms with van der Waals surface area (Å²) >= 11 is 0. The second kappa shape index (κ2) is 7.39. The van der Waals surface area contributed by atoms with Crippen LogP contribution in [0.2, 0.25) is 0 Å². The van der Waals surface area contributed by atoms with E-state index in [-0.39, 0.29) is 5.91 Å². The SMILES string of the molecule is Cc1c(C)n(C)c2c(C)c(NC(=O)c3ccc(OCC4CC4)cc3)cc(C=O)c12. The van der Waals surface area contributed by atoms with Gasteiger partial charge in [-0.1, -0.05) is 0 Å². The molecular formula is C24H26N2O3. The van der Waals surface area contributed by atoms with Crippen LogP contribution in [-0.4, -0.2) is 23.4 Å². The Morgan fingerprint density at radius 1 is 1.17 bits per heavy atom. The molecule has 1 heterocycles. The summed E-state index contributed by atoms with van der Waals surface area (Å²) < 4.78 is 7.81. The molecule has 1 fully saturated rings. The number of carbonyl (C=O) groups excluding carboxylic acids is 2. The smallest absolute Gasteiger partial charge is 0.255 e. The fourth-order valence-corrected chi connectivity index (χ4v) is 3.82. The first kappa shape index (κ1) is 19.2. The summed E-state index contributed by atoms with van der Waals surface area (Å²) in [6, 6.07) is 8.95. The highest BCUT2D eigenvalue weighted by atomic mass is 16.5. The fourth-order valence-electron chi connectivity index (χ4n) is 3.82. The Morgan fingerprint density at radius 3 is 2.48 bits per heavy atom. The monoisotopic (exact) mass is 390 g/mol. The second-order valence-corrected chi connectivity index (χ2v) is 7.98. The van der Waals surface area contributed by atoms with E-state index in [1.54, 1.807) is 18.2 Å². The summed E-state index contributed by atoms with van der Waals surface area (Å²) in [5.41, 5.74) is 5.91. The minimum atomic E-state index is -0.208. The predicted octanol–water partition coefficient (Wildman–Crippen LogP) is 4.96. The Bertz CT molecular complexity index is 1110. The minimum absolute atomic E-state index is 0.208. The van der Waals surface area contributed by atoms with Crippen molar-refractivity contribution in [2.24, 2.45) is 13.0 Å². The molecule has 1 aromatic heterocycles. The molecule has 3 aromatic rings. The molecule has 1 amide bonds. The number of hydrogen-bond acceptors (Lipinski definition) is 3. The number of aldehydes is 1. The van der Waals surface area contributed by atoms with Crippen molar-refractivity contribution in [3.63, 3.8) is 0 Å². The summed E-state index contributed by atoms with van der Waals surface area (Å²) in [7, 11) is 1.98. The Morgan fingerprint density at radius 2 is 1.86 bits per heavy atom.